The number of amides is 3. The fourth-order valence-corrected chi connectivity index (χ4v) is 3.88. The fourth-order valence-electron chi connectivity index (χ4n) is 3.88. The molecule has 0 aliphatic carbocycles. The Kier molecular flexibility index (Phi) is 5.95. The number of pyridine rings is 1. The summed E-state index contributed by atoms with van der Waals surface area (Å²) in [6, 6.07) is 9.21. The molecule has 1 aliphatic heterocycles. The zero-order valence-electron chi connectivity index (χ0n) is 19.4. The van der Waals surface area contributed by atoms with Gasteiger partial charge in [0, 0.05) is 42.9 Å². The van der Waals surface area contributed by atoms with Gasteiger partial charge in [-0.2, -0.15) is 0 Å². The number of nitrogens with one attached hydrogen (secondary N) is 2. The van der Waals surface area contributed by atoms with E-state index in [0.717, 1.165) is 4.90 Å². The largest absolute Gasteiger partial charge is 0.443 e. The number of hydrogen-bond donors (Lipinski definition) is 2. The number of hydrogen-bond acceptors (Lipinski definition) is 5. The Balaban J connectivity index is 1.85. The highest BCUT2D eigenvalue weighted by Crippen LogP contribution is 2.39. The average molecular weight is 464 g/mol. The second-order valence-corrected chi connectivity index (χ2v) is 9.03. The van der Waals surface area contributed by atoms with E-state index >= 15 is 0 Å². The molecular weight excluding hydrogens is 439 g/mol. The maximum atomic E-state index is 13.7. The van der Waals surface area contributed by atoms with Crippen molar-refractivity contribution in [3.63, 3.8) is 0 Å². The molecular formula is C25H25FN4O4. The van der Waals surface area contributed by atoms with Gasteiger partial charge in [-0.05, 0) is 50.6 Å². The number of H-pyrrole nitrogens is 1. The molecule has 0 spiro atoms. The SMILES string of the molecule is CC(=O)Nc1cc(-c2[nH]c3c(c2-c2ccc(F)cc2)C(=O)N(C(=O)OC(C)(C)C)CC3)ccn1. The predicted octanol–water partition coefficient (Wildman–Crippen LogP) is 4.77. The van der Waals surface area contributed by atoms with E-state index in [2.05, 4.69) is 15.3 Å². The summed E-state index contributed by atoms with van der Waals surface area (Å²) in [7, 11) is 0. The lowest BCUT2D eigenvalue weighted by Crippen LogP contribution is -2.44. The van der Waals surface area contributed by atoms with Crippen LogP contribution in [-0.2, 0) is 16.0 Å². The molecule has 3 amide bonds. The summed E-state index contributed by atoms with van der Waals surface area (Å²) in [6.45, 7) is 6.75. The number of aromatic amines is 1. The second kappa shape index (κ2) is 8.74. The zero-order valence-corrected chi connectivity index (χ0v) is 19.4. The molecule has 3 aromatic rings. The van der Waals surface area contributed by atoms with E-state index in [0.29, 0.717) is 45.9 Å². The number of ether oxygens (including phenoxy) is 1. The minimum atomic E-state index is -0.752. The summed E-state index contributed by atoms with van der Waals surface area (Å²) in [4.78, 5) is 46.3. The Hall–Kier alpha value is -4.01. The number of nitrogens with zero attached hydrogens (tertiary/aromatic N) is 2. The summed E-state index contributed by atoms with van der Waals surface area (Å²) < 4.78 is 19.1. The third-order valence-electron chi connectivity index (χ3n) is 5.22. The molecule has 176 valence electrons. The van der Waals surface area contributed by atoms with Crippen LogP contribution in [0.1, 0.15) is 43.7 Å². The van der Waals surface area contributed by atoms with Crippen LogP contribution in [0.5, 0.6) is 0 Å². The molecule has 9 heteroatoms. The Morgan fingerprint density at radius 3 is 2.47 bits per heavy atom. The van der Waals surface area contributed by atoms with Crippen LogP contribution < -0.4 is 5.32 Å². The molecule has 0 saturated carbocycles. The standard InChI is InChI=1S/C25H25FN4O4/c1-14(31)28-19-13-16(9-11-27-19)22-20(15-5-7-17(26)8-6-15)21-18(29-22)10-12-30(23(21)32)24(33)34-25(2,3)4/h5-9,11,13,29H,10,12H2,1-4H3,(H,27,28,31). The van der Waals surface area contributed by atoms with Crippen molar-refractivity contribution in [3.8, 4) is 22.4 Å². The van der Waals surface area contributed by atoms with Crippen molar-refractivity contribution in [2.75, 3.05) is 11.9 Å². The van der Waals surface area contributed by atoms with E-state index in [1.54, 1.807) is 51.2 Å². The Labute approximate surface area is 196 Å². The van der Waals surface area contributed by atoms with E-state index in [9.17, 15) is 18.8 Å². The van der Waals surface area contributed by atoms with Crippen LogP contribution in [0.2, 0.25) is 0 Å². The van der Waals surface area contributed by atoms with Crippen molar-refractivity contribution in [3.05, 3.63) is 59.7 Å². The van der Waals surface area contributed by atoms with Crippen LogP contribution >= 0.6 is 0 Å². The Bertz CT molecular complexity index is 1280. The molecule has 0 atom stereocenters. The van der Waals surface area contributed by atoms with E-state index in [-0.39, 0.29) is 12.5 Å². The van der Waals surface area contributed by atoms with Gasteiger partial charge in [0.2, 0.25) is 5.91 Å². The first kappa shape index (κ1) is 23.2. The maximum Gasteiger partial charge on any atom is 0.417 e. The molecule has 0 unspecified atom stereocenters. The highest BCUT2D eigenvalue weighted by atomic mass is 19.1. The Morgan fingerprint density at radius 1 is 1.12 bits per heavy atom. The first-order valence-electron chi connectivity index (χ1n) is 10.8. The summed E-state index contributed by atoms with van der Waals surface area (Å²) in [5.74, 6) is -0.816. The number of halogens is 1. The molecule has 2 aromatic heterocycles. The van der Waals surface area contributed by atoms with Gasteiger partial charge in [-0.1, -0.05) is 12.1 Å². The molecule has 0 bridgehead atoms. The molecule has 34 heavy (non-hydrogen) atoms. The van der Waals surface area contributed by atoms with Crippen molar-refractivity contribution < 1.29 is 23.5 Å². The Morgan fingerprint density at radius 2 is 1.82 bits per heavy atom. The van der Waals surface area contributed by atoms with Crippen LogP contribution in [0.25, 0.3) is 22.4 Å². The molecule has 1 aliphatic rings. The molecule has 0 saturated heterocycles. The summed E-state index contributed by atoms with van der Waals surface area (Å²) in [5.41, 5.74) is 2.65. The third kappa shape index (κ3) is 4.68. The van der Waals surface area contributed by atoms with Crippen LogP contribution in [0, 0.1) is 5.82 Å². The third-order valence-corrected chi connectivity index (χ3v) is 5.22. The van der Waals surface area contributed by atoms with Crippen molar-refractivity contribution in [2.24, 2.45) is 0 Å². The number of aromatic nitrogens is 2. The highest BCUT2D eigenvalue weighted by Gasteiger charge is 2.37. The van der Waals surface area contributed by atoms with Gasteiger partial charge < -0.3 is 15.0 Å². The number of fused-ring (bicyclic) bond motifs is 1. The lowest BCUT2D eigenvalue weighted by Gasteiger charge is -2.29. The molecule has 4 rings (SSSR count). The van der Waals surface area contributed by atoms with E-state index in [1.807, 2.05) is 0 Å². The second-order valence-electron chi connectivity index (χ2n) is 9.03. The van der Waals surface area contributed by atoms with E-state index in [1.165, 1.54) is 19.1 Å². The zero-order chi connectivity index (χ0) is 24.6. The molecule has 2 N–H and O–H groups in total. The average Bonchev–Trinajstić information content (AvgIpc) is 3.13. The van der Waals surface area contributed by atoms with Gasteiger partial charge in [0.05, 0.1) is 11.3 Å². The monoisotopic (exact) mass is 464 g/mol. The summed E-state index contributed by atoms with van der Waals surface area (Å²) in [6.07, 6.45) is 1.23. The van der Waals surface area contributed by atoms with E-state index < -0.39 is 23.4 Å². The number of anilines is 1. The number of benzene rings is 1. The lowest BCUT2D eigenvalue weighted by molar-refractivity contribution is -0.114. The number of imide groups is 1. The minimum Gasteiger partial charge on any atom is -0.443 e. The summed E-state index contributed by atoms with van der Waals surface area (Å²) >= 11 is 0. The summed E-state index contributed by atoms with van der Waals surface area (Å²) in [5, 5.41) is 2.65. The lowest BCUT2D eigenvalue weighted by atomic mass is 9.94. The van der Waals surface area contributed by atoms with Gasteiger partial charge in [-0.15, -0.1) is 0 Å². The minimum absolute atomic E-state index is 0.164. The van der Waals surface area contributed by atoms with Crippen molar-refractivity contribution in [2.45, 2.75) is 39.7 Å². The number of carbonyl (C=O) groups is 3. The van der Waals surface area contributed by atoms with Gasteiger partial charge in [0.1, 0.15) is 17.2 Å². The molecule has 0 radical (unpaired) electrons. The van der Waals surface area contributed by atoms with Gasteiger partial charge in [-0.3, -0.25) is 9.59 Å². The van der Waals surface area contributed by atoms with Gasteiger partial charge in [-0.25, -0.2) is 19.1 Å². The predicted molar refractivity (Wildman–Crippen MR) is 125 cm³/mol. The van der Waals surface area contributed by atoms with Gasteiger partial charge in [0.25, 0.3) is 5.91 Å². The van der Waals surface area contributed by atoms with Gasteiger partial charge in [0.15, 0.2) is 0 Å². The quantitative estimate of drug-likeness (QED) is 0.581. The van der Waals surface area contributed by atoms with Crippen molar-refractivity contribution >= 4 is 23.7 Å². The fraction of sp³-hybridized carbons (Fsp3) is 0.280. The van der Waals surface area contributed by atoms with Crippen LogP contribution in [-0.4, -0.2) is 44.9 Å². The highest BCUT2D eigenvalue weighted by molar-refractivity contribution is 6.11. The molecule has 8 nitrogen and oxygen atoms in total. The molecule has 0 fully saturated rings. The van der Waals surface area contributed by atoms with Crippen LogP contribution in [0.15, 0.2) is 42.6 Å². The molecule has 3 heterocycles. The van der Waals surface area contributed by atoms with Crippen molar-refractivity contribution in [1.82, 2.24) is 14.9 Å². The number of carbonyl (C=O) groups excluding carboxylic acids is 3. The van der Waals surface area contributed by atoms with Crippen molar-refractivity contribution in [1.29, 1.82) is 0 Å². The van der Waals surface area contributed by atoms with E-state index in [4.69, 9.17) is 4.74 Å². The smallest absolute Gasteiger partial charge is 0.417 e. The van der Waals surface area contributed by atoms with Gasteiger partial charge >= 0.3 is 6.09 Å². The first-order chi connectivity index (χ1) is 16.0. The maximum absolute atomic E-state index is 13.7. The normalized spacial score (nSPS) is 13.4. The van der Waals surface area contributed by atoms with Crippen LogP contribution in [0.4, 0.5) is 15.0 Å². The topological polar surface area (TPSA) is 104 Å². The number of rotatable bonds is 3. The van der Waals surface area contributed by atoms with Crippen LogP contribution in [0.3, 0.4) is 0 Å². The first-order valence-corrected chi connectivity index (χ1v) is 10.8. The molecule has 1 aromatic carbocycles.